The lowest BCUT2D eigenvalue weighted by Crippen LogP contribution is -2.67. The van der Waals surface area contributed by atoms with E-state index in [0.717, 1.165) is 11.3 Å². The molecule has 2 aliphatic rings. The molecule has 1 amide bonds. The van der Waals surface area contributed by atoms with E-state index in [-0.39, 0.29) is 12.3 Å². The minimum Gasteiger partial charge on any atom is -0.480 e. The second-order valence-corrected chi connectivity index (χ2v) is 10.9. The van der Waals surface area contributed by atoms with Crippen molar-refractivity contribution in [3.8, 4) is 0 Å². The van der Waals surface area contributed by atoms with Crippen molar-refractivity contribution in [1.82, 2.24) is 4.90 Å². The fraction of sp³-hybridized carbons (Fsp3) is 0.833. The Morgan fingerprint density at radius 2 is 1.89 bits per heavy atom. The lowest BCUT2D eigenvalue weighted by atomic mass is 9.86. The van der Waals surface area contributed by atoms with Gasteiger partial charge in [-0.2, -0.15) is 0 Å². The second kappa shape index (κ2) is 7.41. The Kier molecular flexibility index (Phi) is 5.94. The number of hydrogen-bond donors (Lipinski definition) is 1. The highest BCUT2D eigenvalue weighted by molar-refractivity contribution is 7.93. The number of carbonyl (C=O) groups is 3. The molecule has 8 nitrogen and oxygen atoms in total. The second-order valence-electron chi connectivity index (χ2n) is 8.32. The zero-order valence-corrected chi connectivity index (χ0v) is 17.3. The van der Waals surface area contributed by atoms with Crippen LogP contribution in [-0.2, 0) is 29.0 Å². The van der Waals surface area contributed by atoms with Gasteiger partial charge >= 0.3 is 11.9 Å². The lowest BCUT2D eigenvalue weighted by Gasteiger charge is -2.45. The van der Waals surface area contributed by atoms with Gasteiger partial charge in [-0.3, -0.25) is 9.59 Å². The molecule has 0 radical (unpaired) electrons. The number of sulfone groups is 1. The number of esters is 1. The predicted molar refractivity (Wildman–Crippen MR) is 97.4 cm³/mol. The summed E-state index contributed by atoms with van der Waals surface area (Å²) in [6.07, 6.45) is 1.15. The minimum atomic E-state index is -3.94. The summed E-state index contributed by atoms with van der Waals surface area (Å²) in [6, 6.07) is -1.44. The van der Waals surface area contributed by atoms with E-state index in [0.29, 0.717) is 12.8 Å². The molecule has 0 aromatic carbocycles. The summed E-state index contributed by atoms with van der Waals surface area (Å²) >= 11 is 0. The van der Waals surface area contributed by atoms with Crippen LogP contribution in [0, 0.1) is 11.8 Å². The molecular formula is C18H29NO7S. The van der Waals surface area contributed by atoms with Crippen LogP contribution in [-0.4, -0.2) is 58.5 Å². The molecule has 2 aliphatic heterocycles. The van der Waals surface area contributed by atoms with Crippen LogP contribution in [0.2, 0.25) is 0 Å². The first-order chi connectivity index (χ1) is 12.4. The SMILES string of the molecule is CCCC[C@@H](OC(=O)CC(C)C)[C@@H]1C(=O)N2[C@@H](C(=O)O)C(C)(C)S(=O)(=O)[C@H]12. The molecule has 1 N–H and O–H groups in total. The molecule has 2 rings (SSSR count). The van der Waals surface area contributed by atoms with Gasteiger partial charge in [0.05, 0.1) is 4.75 Å². The van der Waals surface area contributed by atoms with Crippen LogP contribution >= 0.6 is 0 Å². The Labute approximate surface area is 160 Å². The normalized spacial score (nSPS) is 29.2. The molecule has 0 saturated carbocycles. The Morgan fingerprint density at radius 1 is 1.30 bits per heavy atom. The Bertz CT molecular complexity index is 728. The third-order valence-corrected chi connectivity index (χ3v) is 8.29. The van der Waals surface area contributed by atoms with Gasteiger partial charge in [0.2, 0.25) is 5.91 Å². The zero-order chi connectivity index (χ0) is 20.7. The Balaban J connectivity index is 2.35. The number of ether oxygens (including phenoxy) is 1. The highest BCUT2D eigenvalue weighted by Crippen LogP contribution is 2.50. The van der Waals surface area contributed by atoms with Gasteiger partial charge in [0.25, 0.3) is 0 Å². The number of unbranched alkanes of at least 4 members (excludes halogenated alkanes) is 1. The highest BCUT2D eigenvalue weighted by atomic mass is 32.2. The molecule has 154 valence electrons. The zero-order valence-electron chi connectivity index (χ0n) is 16.5. The number of aliphatic carboxylic acids is 1. The van der Waals surface area contributed by atoms with Crippen molar-refractivity contribution in [3.63, 3.8) is 0 Å². The number of carboxylic acid groups (broad SMARTS) is 1. The molecule has 0 aromatic heterocycles. The van der Waals surface area contributed by atoms with Gasteiger partial charge < -0.3 is 14.7 Å². The van der Waals surface area contributed by atoms with Crippen molar-refractivity contribution >= 4 is 27.7 Å². The van der Waals surface area contributed by atoms with Gasteiger partial charge in [-0.25, -0.2) is 13.2 Å². The smallest absolute Gasteiger partial charge is 0.328 e. The summed E-state index contributed by atoms with van der Waals surface area (Å²) in [7, 11) is -3.94. The molecular weight excluding hydrogens is 374 g/mol. The van der Waals surface area contributed by atoms with E-state index in [9.17, 15) is 27.9 Å². The standard InChI is InChI=1S/C18H29NO7S/c1-6-7-8-11(26-12(20)9-10(2)3)13-15(21)19-14(17(22)23)18(4,5)27(24,25)16(13)19/h10-11,13-14,16H,6-9H2,1-5H3,(H,22,23)/t11-,13-,14+,16-/m1/s1. The molecule has 0 unspecified atom stereocenters. The quantitative estimate of drug-likeness (QED) is 0.483. The summed E-state index contributed by atoms with van der Waals surface area (Å²) in [5.41, 5.74) is 0. The number of carboxylic acids is 1. The number of amides is 1. The first-order valence-corrected chi connectivity index (χ1v) is 10.9. The van der Waals surface area contributed by atoms with E-state index in [4.69, 9.17) is 4.74 Å². The fourth-order valence-electron chi connectivity index (χ4n) is 3.96. The average molecular weight is 403 g/mol. The van der Waals surface area contributed by atoms with Crippen LogP contribution in [0.25, 0.3) is 0 Å². The number of fused-ring (bicyclic) bond motifs is 1. The third-order valence-electron chi connectivity index (χ3n) is 5.44. The maximum Gasteiger partial charge on any atom is 0.328 e. The van der Waals surface area contributed by atoms with Crippen LogP contribution in [0.4, 0.5) is 0 Å². The summed E-state index contributed by atoms with van der Waals surface area (Å²) in [6.45, 7) is 8.32. The Morgan fingerprint density at radius 3 is 2.37 bits per heavy atom. The number of β-lactam (4-membered cyclic amide) rings is 1. The van der Waals surface area contributed by atoms with Gasteiger partial charge in [-0.1, -0.05) is 33.6 Å². The van der Waals surface area contributed by atoms with Gasteiger partial charge in [-0.05, 0) is 26.2 Å². The largest absolute Gasteiger partial charge is 0.480 e. The van der Waals surface area contributed by atoms with Gasteiger partial charge in [-0.15, -0.1) is 0 Å². The topological polar surface area (TPSA) is 118 Å². The number of rotatable bonds is 8. The van der Waals surface area contributed by atoms with Crippen LogP contribution in [0.3, 0.4) is 0 Å². The molecule has 27 heavy (non-hydrogen) atoms. The van der Waals surface area contributed by atoms with E-state index in [2.05, 4.69) is 0 Å². The van der Waals surface area contributed by atoms with Crippen LogP contribution in [0.15, 0.2) is 0 Å². The van der Waals surface area contributed by atoms with Crippen LogP contribution in [0.1, 0.15) is 60.3 Å². The molecule has 0 aliphatic carbocycles. The molecule has 2 heterocycles. The number of nitrogens with zero attached hydrogens (tertiary/aromatic N) is 1. The van der Waals surface area contributed by atoms with Gasteiger partial charge in [0.1, 0.15) is 18.1 Å². The van der Waals surface area contributed by atoms with Gasteiger partial charge in [0.15, 0.2) is 15.2 Å². The molecule has 2 fully saturated rings. The highest BCUT2D eigenvalue weighted by Gasteiger charge is 2.73. The van der Waals surface area contributed by atoms with Crippen molar-refractivity contribution in [3.05, 3.63) is 0 Å². The minimum absolute atomic E-state index is 0.0726. The Hall–Kier alpha value is -1.64. The molecule has 4 atom stereocenters. The fourth-order valence-corrected chi connectivity index (χ4v) is 6.31. The van der Waals surface area contributed by atoms with Crippen molar-refractivity contribution < 1.29 is 32.6 Å². The van der Waals surface area contributed by atoms with Crippen molar-refractivity contribution in [2.24, 2.45) is 11.8 Å². The van der Waals surface area contributed by atoms with Gasteiger partial charge in [0, 0.05) is 6.42 Å². The maximum atomic E-state index is 13.0. The summed E-state index contributed by atoms with van der Waals surface area (Å²) in [4.78, 5) is 37.5. The van der Waals surface area contributed by atoms with E-state index in [1.807, 2.05) is 20.8 Å². The number of carbonyl (C=O) groups excluding carboxylic acids is 2. The third kappa shape index (κ3) is 3.46. The predicted octanol–water partition coefficient (Wildman–Crippen LogP) is 1.58. The first kappa shape index (κ1) is 21.7. The van der Waals surface area contributed by atoms with E-state index < -0.39 is 55.9 Å². The summed E-state index contributed by atoms with van der Waals surface area (Å²) < 4.78 is 29.9. The van der Waals surface area contributed by atoms with Crippen molar-refractivity contribution in [2.75, 3.05) is 0 Å². The monoisotopic (exact) mass is 403 g/mol. The van der Waals surface area contributed by atoms with E-state index >= 15 is 0 Å². The first-order valence-electron chi connectivity index (χ1n) is 9.35. The molecule has 0 bridgehead atoms. The molecule has 0 spiro atoms. The van der Waals surface area contributed by atoms with E-state index in [1.54, 1.807) is 0 Å². The molecule has 2 saturated heterocycles. The number of hydrogen-bond acceptors (Lipinski definition) is 6. The summed E-state index contributed by atoms with van der Waals surface area (Å²) in [5, 5.41) is 8.23. The summed E-state index contributed by atoms with van der Waals surface area (Å²) in [5.74, 6) is -3.36. The maximum absolute atomic E-state index is 13.0. The average Bonchev–Trinajstić information content (AvgIpc) is 2.65. The molecule has 9 heteroatoms. The lowest BCUT2D eigenvalue weighted by molar-refractivity contribution is -0.176. The van der Waals surface area contributed by atoms with Crippen LogP contribution < -0.4 is 0 Å². The van der Waals surface area contributed by atoms with E-state index in [1.165, 1.54) is 13.8 Å². The van der Waals surface area contributed by atoms with Crippen molar-refractivity contribution in [2.45, 2.75) is 82.6 Å². The molecule has 0 aromatic rings. The van der Waals surface area contributed by atoms with Crippen LogP contribution in [0.5, 0.6) is 0 Å². The van der Waals surface area contributed by atoms with Crippen molar-refractivity contribution in [1.29, 1.82) is 0 Å².